The van der Waals surface area contributed by atoms with Crippen molar-refractivity contribution in [3.63, 3.8) is 0 Å². The zero-order chi connectivity index (χ0) is 62.0. The number of carboxylic acids is 1. The number of aromatic nitrogens is 6. The van der Waals surface area contributed by atoms with Crippen molar-refractivity contribution >= 4 is 96.5 Å². The molecule has 0 fully saturated rings. The van der Waals surface area contributed by atoms with Crippen LogP contribution in [0.25, 0.3) is 44.5 Å². The molecule has 450 valence electrons. The summed E-state index contributed by atoms with van der Waals surface area (Å²) in [6.45, 7) is 4.94. The average molecular weight is 1230 g/mol. The number of amides is 3. The maximum absolute atomic E-state index is 14.5. The molecule has 2 aliphatic heterocycles. The molecule has 3 amide bonds. The molecule has 0 saturated carbocycles. The maximum atomic E-state index is 14.5. The van der Waals surface area contributed by atoms with Crippen molar-refractivity contribution in [2.24, 2.45) is 5.92 Å². The van der Waals surface area contributed by atoms with Gasteiger partial charge in [-0.2, -0.15) is 4.72 Å². The van der Waals surface area contributed by atoms with Gasteiger partial charge in [-0.25, -0.2) is 37.8 Å². The van der Waals surface area contributed by atoms with Crippen LogP contribution in [0.1, 0.15) is 55.1 Å². The minimum absolute atomic E-state index is 0.00417. The van der Waals surface area contributed by atoms with Crippen LogP contribution in [0.15, 0.2) is 150 Å². The largest absolute Gasteiger partial charge is 0.495 e. The fourth-order valence-electron chi connectivity index (χ4n) is 10.7. The lowest BCUT2D eigenvalue weighted by atomic mass is 9.85. The van der Waals surface area contributed by atoms with Crippen LogP contribution in [0.5, 0.6) is 5.75 Å². The Morgan fingerprint density at radius 2 is 1.59 bits per heavy atom. The number of para-hydroxylation sites is 3. The Hall–Kier alpha value is -10.3. The number of aromatic amines is 2. The quantitative estimate of drug-likeness (QED) is 0.0268. The summed E-state index contributed by atoms with van der Waals surface area (Å²) in [6.07, 6.45) is 2.57. The van der Waals surface area contributed by atoms with Crippen molar-refractivity contribution < 1.29 is 51.7 Å². The molecule has 4 atom stereocenters. The summed E-state index contributed by atoms with van der Waals surface area (Å²) in [6, 6.07) is 31.2. The highest BCUT2D eigenvalue weighted by Gasteiger charge is 2.51. The van der Waals surface area contributed by atoms with E-state index in [1.165, 1.54) is 31.8 Å². The van der Waals surface area contributed by atoms with Gasteiger partial charge in [-0.15, -0.1) is 0 Å². The van der Waals surface area contributed by atoms with Crippen LogP contribution in [0, 0.1) is 5.92 Å². The Bertz CT molecular complexity index is 4390. The number of thiocarbonyl (C=S) groups is 1. The van der Waals surface area contributed by atoms with Gasteiger partial charge in [0.2, 0.25) is 27.5 Å². The number of anilines is 3. The van der Waals surface area contributed by atoms with Gasteiger partial charge in [0.15, 0.2) is 5.11 Å². The molecule has 6 heterocycles. The number of rotatable bonds is 20. The molecule has 4 aromatic heterocycles. The molecule has 24 nitrogen and oxygen atoms in total. The number of urea groups is 1. The van der Waals surface area contributed by atoms with Crippen LogP contribution in [0.4, 0.5) is 22.1 Å². The van der Waals surface area contributed by atoms with Gasteiger partial charge in [0, 0.05) is 46.2 Å². The number of pyridine rings is 2. The molecule has 11 rings (SSSR count). The number of methoxy groups -OCH3 is 1. The first kappa shape index (κ1) is 59.4. The van der Waals surface area contributed by atoms with E-state index in [0.717, 1.165) is 16.5 Å². The summed E-state index contributed by atoms with van der Waals surface area (Å²) in [5, 5.41) is 25.5. The Labute approximate surface area is 507 Å². The van der Waals surface area contributed by atoms with Gasteiger partial charge < -0.3 is 55.1 Å². The number of H-pyrrole nitrogens is 2. The summed E-state index contributed by atoms with van der Waals surface area (Å²) in [5.74, 6) is -4.35. The molecule has 0 radical (unpaired) electrons. The maximum Gasteiger partial charge on any atom is 0.355 e. The van der Waals surface area contributed by atoms with Crippen LogP contribution < -0.4 is 41.6 Å². The van der Waals surface area contributed by atoms with Crippen LogP contribution in [0.3, 0.4) is 0 Å². The molecule has 2 aliphatic rings. The Kier molecular flexibility index (Phi) is 16.6. The molecule has 5 aromatic carbocycles. The van der Waals surface area contributed by atoms with Gasteiger partial charge in [0.1, 0.15) is 35.4 Å². The van der Waals surface area contributed by atoms with Crippen molar-refractivity contribution in [2.75, 3.05) is 23.1 Å². The zero-order valence-electron chi connectivity index (χ0n) is 47.7. The number of cyclic esters (lactones) is 1. The number of fused-ring (bicyclic) bond motifs is 6. The molecular weight excluding hydrogens is 1170 g/mol. The van der Waals surface area contributed by atoms with E-state index < -0.39 is 75.1 Å². The van der Waals surface area contributed by atoms with E-state index in [-0.39, 0.29) is 65.2 Å². The Morgan fingerprint density at radius 3 is 2.32 bits per heavy atom. The van der Waals surface area contributed by atoms with E-state index in [0.29, 0.717) is 56.2 Å². The summed E-state index contributed by atoms with van der Waals surface area (Å²) >= 11 is 5.69. The summed E-state index contributed by atoms with van der Waals surface area (Å²) in [4.78, 5) is 102. The molecule has 88 heavy (non-hydrogen) atoms. The number of nitrogens with zero attached hydrogens (tertiary/aromatic N) is 4. The first-order valence-corrected chi connectivity index (χ1v) is 29.8. The lowest BCUT2D eigenvalue weighted by molar-refractivity contribution is -0.191. The standard InChI is InChI=1S/C62H58N12O12S2/c1-5-62(43-28-49-53-38(24-37-11-6-7-14-44(37)67-53)30-74(49)55(76)42(43)31-85-58(62)80)86-57(79)52(33(2)3)71-54(75)47(27-41-29-63-32-64-41)70-61(87)66-39-20-17-34(18-21-39)23-48(56(77)78)73-88(82,83)51-26-36(19-22-50(51)84-4)35-12-10-13-40(25-35)65-60(81)72-59-68-45-15-8-9-16-46(45)69-59/h6-22,24-26,28-29,32-33,47-48,52,73H,5,23,27,30-31H2,1-4H3,(H,63,64)(H,71,75)(H,77,78)(H2,66,70,87)(H3,65,68,69,72,81)/t47-,48?,52-,62-/m0/s1. The van der Waals surface area contributed by atoms with E-state index in [4.69, 9.17) is 31.4 Å². The van der Waals surface area contributed by atoms with Crippen LogP contribution in [-0.4, -0.2) is 103 Å². The minimum atomic E-state index is -4.57. The normalized spacial score (nSPS) is 15.2. The average Bonchev–Trinajstić information content (AvgIpc) is 1.40. The van der Waals surface area contributed by atoms with Gasteiger partial charge in [-0.1, -0.05) is 81.4 Å². The number of hydrogen-bond acceptors (Lipinski definition) is 15. The number of carboxylic acid groups (broad SMARTS) is 1. The highest BCUT2D eigenvalue weighted by Crippen LogP contribution is 2.42. The molecule has 1 unspecified atom stereocenters. The number of aliphatic carboxylic acids is 1. The van der Waals surface area contributed by atoms with Gasteiger partial charge in [0.25, 0.3) is 5.56 Å². The number of benzene rings is 5. The molecular formula is C62H58N12O12S2. The SMILES string of the molecule is CC[C@@]1(OC(=O)[C@@H](NC(=O)[C@H](Cc2cnc[nH]2)NC(=S)Nc2ccc(CC(NS(=O)(=O)c3cc(-c4cccc(NC(=O)Nc5nc6ccccc6[nH]5)c4)ccc3OC)C(=O)O)cc2)C(C)C)C(=O)OCc2c1cc1n(c2=O)Cc2cc3ccccc3nc2-1. The first-order valence-electron chi connectivity index (χ1n) is 27.9. The number of sulfonamides is 1. The van der Waals surface area contributed by atoms with Crippen LogP contribution >= 0.6 is 12.2 Å². The van der Waals surface area contributed by atoms with Gasteiger partial charge >= 0.3 is 23.9 Å². The van der Waals surface area contributed by atoms with Crippen molar-refractivity contribution in [3.8, 4) is 28.3 Å². The van der Waals surface area contributed by atoms with E-state index in [1.807, 2.05) is 48.5 Å². The van der Waals surface area contributed by atoms with Gasteiger partial charge in [0.05, 0.1) is 53.5 Å². The molecule has 26 heteroatoms. The predicted octanol–water partition coefficient (Wildman–Crippen LogP) is 7.26. The molecule has 0 aliphatic carbocycles. The molecule has 0 saturated heterocycles. The second kappa shape index (κ2) is 24.6. The Morgan fingerprint density at radius 1 is 0.830 bits per heavy atom. The molecule has 9 N–H and O–H groups in total. The molecule has 0 spiro atoms. The number of carbonyl (C=O) groups is 5. The van der Waals surface area contributed by atoms with E-state index in [1.54, 1.807) is 92.1 Å². The number of carbonyl (C=O) groups excluding carboxylic acids is 4. The third kappa shape index (κ3) is 12.2. The number of imidazole rings is 2. The summed E-state index contributed by atoms with van der Waals surface area (Å²) in [5.41, 5.74) is 4.56. The smallest absolute Gasteiger partial charge is 0.355 e. The van der Waals surface area contributed by atoms with Crippen molar-refractivity contribution in [1.82, 2.24) is 44.8 Å². The topological polar surface area (TPSA) is 332 Å². The van der Waals surface area contributed by atoms with Crippen molar-refractivity contribution in [3.05, 3.63) is 178 Å². The van der Waals surface area contributed by atoms with Crippen LogP contribution in [-0.2, 0) is 70.3 Å². The second-order valence-electron chi connectivity index (χ2n) is 21.4. The fourth-order valence-corrected chi connectivity index (χ4v) is 12.4. The predicted molar refractivity (Wildman–Crippen MR) is 330 cm³/mol. The third-order valence-corrected chi connectivity index (χ3v) is 17.0. The number of esters is 2. The zero-order valence-corrected chi connectivity index (χ0v) is 49.3. The fraction of sp³-hybridized carbons (Fsp3) is 0.226. The van der Waals surface area contributed by atoms with Crippen molar-refractivity contribution in [1.29, 1.82) is 0 Å². The van der Waals surface area contributed by atoms with Crippen LogP contribution in [0.2, 0.25) is 0 Å². The molecule has 0 bridgehead atoms. The highest BCUT2D eigenvalue weighted by atomic mass is 32.2. The molecule has 9 aromatic rings. The first-order chi connectivity index (χ1) is 42.3. The Balaban J connectivity index is 0.744. The lowest BCUT2D eigenvalue weighted by Gasteiger charge is -2.37. The lowest BCUT2D eigenvalue weighted by Crippen LogP contribution is -2.56. The van der Waals surface area contributed by atoms with Gasteiger partial charge in [-0.3, -0.25) is 19.7 Å². The number of hydrogen-bond donors (Lipinski definition) is 9. The van der Waals surface area contributed by atoms with Crippen molar-refractivity contribution in [2.45, 2.75) is 81.8 Å². The summed E-state index contributed by atoms with van der Waals surface area (Å²) < 4.78 is 49.3. The second-order valence-corrected chi connectivity index (χ2v) is 23.5. The van der Waals surface area contributed by atoms with E-state index in [2.05, 4.69) is 51.2 Å². The number of nitrogens with one attached hydrogen (secondary N) is 8. The summed E-state index contributed by atoms with van der Waals surface area (Å²) in [7, 11) is -3.29. The van der Waals surface area contributed by atoms with E-state index >= 15 is 0 Å². The van der Waals surface area contributed by atoms with E-state index in [9.17, 15) is 42.3 Å². The third-order valence-electron chi connectivity index (χ3n) is 15.3. The number of ether oxygens (including phenoxy) is 3. The minimum Gasteiger partial charge on any atom is -0.495 e. The van der Waals surface area contributed by atoms with Gasteiger partial charge in [-0.05, 0) is 114 Å². The monoisotopic (exact) mass is 1230 g/mol. The highest BCUT2D eigenvalue weighted by molar-refractivity contribution is 7.89.